The predicted molar refractivity (Wildman–Crippen MR) is 133 cm³/mol. The molecule has 1 fully saturated rings. The molecule has 2 unspecified atom stereocenters. The molecule has 0 heterocycles. The van der Waals surface area contributed by atoms with Crippen molar-refractivity contribution in [2.45, 2.75) is 104 Å². The van der Waals surface area contributed by atoms with Crippen LogP contribution < -0.4 is 15.4 Å². The minimum Gasteiger partial charge on any atom is -0.465 e. The molecule has 0 bridgehead atoms. The molecule has 2 amide bonds. The van der Waals surface area contributed by atoms with Gasteiger partial charge in [-0.2, -0.15) is 0 Å². The van der Waals surface area contributed by atoms with Gasteiger partial charge in [0.15, 0.2) is 0 Å². The van der Waals surface area contributed by atoms with Crippen LogP contribution in [0.5, 0.6) is 5.75 Å². The van der Waals surface area contributed by atoms with E-state index in [1.165, 1.54) is 38.5 Å². The molecular weight excluding hydrogens is 416 g/mol. The topological polar surface area (TPSA) is 87.7 Å². The summed E-state index contributed by atoms with van der Waals surface area (Å²) in [5.74, 6) is 0.625. The molecule has 1 aromatic rings. The Balaban J connectivity index is 1.84. The zero-order valence-corrected chi connectivity index (χ0v) is 21.0. The number of nitrogens with one attached hydrogen (secondary N) is 2. The van der Waals surface area contributed by atoms with Crippen molar-refractivity contribution < 1.29 is 19.4 Å². The number of carbonyl (C=O) groups excluding carboxylic acids is 1. The van der Waals surface area contributed by atoms with Crippen molar-refractivity contribution in [3.05, 3.63) is 29.8 Å². The van der Waals surface area contributed by atoms with Crippen molar-refractivity contribution in [3.63, 3.8) is 0 Å². The average Bonchev–Trinajstić information content (AvgIpc) is 2.71. The minimum absolute atomic E-state index is 0.00512. The molecule has 6 heteroatoms. The molecule has 0 spiro atoms. The highest BCUT2D eigenvalue weighted by atomic mass is 16.6. The number of para-hydroxylation sites is 1. The molecule has 1 aromatic carbocycles. The van der Waals surface area contributed by atoms with Crippen molar-refractivity contribution in [2.75, 3.05) is 6.54 Å². The zero-order chi connectivity index (χ0) is 24.3. The molecule has 33 heavy (non-hydrogen) atoms. The van der Waals surface area contributed by atoms with Crippen LogP contribution in [-0.2, 0) is 6.42 Å². The Morgan fingerprint density at radius 3 is 2.39 bits per heavy atom. The molecule has 2 atom stereocenters. The van der Waals surface area contributed by atoms with Crippen LogP contribution in [0.4, 0.5) is 9.59 Å². The summed E-state index contributed by atoms with van der Waals surface area (Å²) in [6.07, 6.45) is 10.6. The predicted octanol–water partition coefficient (Wildman–Crippen LogP) is 6.92. The third kappa shape index (κ3) is 10.1. The third-order valence-electron chi connectivity index (χ3n) is 6.66. The van der Waals surface area contributed by atoms with Crippen LogP contribution in [-0.4, -0.2) is 29.9 Å². The maximum Gasteiger partial charge on any atom is 0.412 e. The first-order valence-electron chi connectivity index (χ1n) is 12.7. The highest BCUT2D eigenvalue weighted by Crippen LogP contribution is 2.45. The fourth-order valence-corrected chi connectivity index (χ4v) is 5.55. The van der Waals surface area contributed by atoms with Crippen molar-refractivity contribution in [1.29, 1.82) is 0 Å². The van der Waals surface area contributed by atoms with E-state index in [-0.39, 0.29) is 16.9 Å². The lowest BCUT2D eigenvalue weighted by Crippen LogP contribution is -2.50. The van der Waals surface area contributed by atoms with Crippen molar-refractivity contribution >= 4 is 12.2 Å². The van der Waals surface area contributed by atoms with Gasteiger partial charge in [-0.15, -0.1) is 0 Å². The number of carbonyl (C=O) groups is 2. The van der Waals surface area contributed by atoms with Crippen LogP contribution >= 0.6 is 0 Å². The van der Waals surface area contributed by atoms with Crippen LogP contribution in [0.25, 0.3) is 0 Å². The van der Waals surface area contributed by atoms with Crippen LogP contribution in [0.1, 0.15) is 97.5 Å². The summed E-state index contributed by atoms with van der Waals surface area (Å²) in [6, 6.07) is 7.66. The van der Waals surface area contributed by atoms with Gasteiger partial charge in [-0.25, -0.2) is 9.59 Å². The van der Waals surface area contributed by atoms with E-state index in [1.54, 1.807) is 0 Å². The lowest BCUT2D eigenvalue weighted by atomic mass is 9.62. The third-order valence-corrected chi connectivity index (χ3v) is 6.66. The van der Waals surface area contributed by atoms with Gasteiger partial charge in [0.25, 0.3) is 0 Å². The van der Waals surface area contributed by atoms with Crippen LogP contribution in [0.15, 0.2) is 24.3 Å². The molecule has 0 saturated heterocycles. The summed E-state index contributed by atoms with van der Waals surface area (Å²) >= 11 is 0. The number of hydrogen-bond acceptors (Lipinski definition) is 3. The van der Waals surface area contributed by atoms with E-state index < -0.39 is 12.2 Å². The van der Waals surface area contributed by atoms with Crippen LogP contribution in [0.2, 0.25) is 0 Å². The number of benzene rings is 1. The van der Waals surface area contributed by atoms with Gasteiger partial charge >= 0.3 is 12.2 Å². The monoisotopic (exact) mass is 460 g/mol. The van der Waals surface area contributed by atoms with Gasteiger partial charge in [0, 0.05) is 12.6 Å². The first-order valence-corrected chi connectivity index (χ1v) is 12.7. The standard InChI is InChI=1S/C27H44N2O4/c1-5-6-7-8-9-10-11-14-21-15-12-13-16-23(21)33-25(32)28-20-27(4)18-22(29-24(30)31)17-26(2,3)19-27/h12-13,15-16,22,29H,5-11,14,17-20H2,1-4H3,(H,28,32)(H,30,31). The van der Waals surface area contributed by atoms with E-state index >= 15 is 0 Å². The molecule has 2 rings (SSSR count). The summed E-state index contributed by atoms with van der Waals surface area (Å²) in [6.45, 7) is 9.10. The van der Waals surface area contributed by atoms with E-state index in [0.29, 0.717) is 18.7 Å². The second kappa shape index (κ2) is 12.9. The lowest BCUT2D eigenvalue weighted by Gasteiger charge is -2.46. The second-order valence-corrected chi connectivity index (χ2v) is 10.9. The Bertz CT molecular complexity index is 764. The Kier molecular flexibility index (Phi) is 10.5. The highest BCUT2D eigenvalue weighted by Gasteiger charge is 2.42. The number of rotatable bonds is 12. The van der Waals surface area contributed by atoms with E-state index in [1.807, 2.05) is 24.3 Å². The molecular formula is C27H44N2O4. The van der Waals surface area contributed by atoms with Gasteiger partial charge < -0.3 is 20.5 Å². The number of ether oxygens (including phenoxy) is 1. The summed E-state index contributed by atoms with van der Waals surface area (Å²) in [5, 5.41) is 14.7. The smallest absolute Gasteiger partial charge is 0.412 e. The largest absolute Gasteiger partial charge is 0.465 e. The normalized spacial score (nSPS) is 21.9. The van der Waals surface area contributed by atoms with E-state index in [2.05, 4.69) is 38.3 Å². The Hall–Kier alpha value is -2.24. The number of hydrogen-bond donors (Lipinski definition) is 3. The summed E-state index contributed by atoms with van der Waals surface area (Å²) in [7, 11) is 0. The molecule has 0 aliphatic heterocycles. The zero-order valence-electron chi connectivity index (χ0n) is 21.0. The average molecular weight is 461 g/mol. The van der Waals surface area contributed by atoms with Crippen LogP contribution in [0.3, 0.4) is 0 Å². The Morgan fingerprint density at radius 2 is 1.70 bits per heavy atom. The van der Waals surface area contributed by atoms with E-state index in [0.717, 1.165) is 31.2 Å². The maximum atomic E-state index is 12.6. The number of amides is 2. The highest BCUT2D eigenvalue weighted by molar-refractivity contribution is 5.71. The van der Waals surface area contributed by atoms with Gasteiger partial charge in [-0.3, -0.25) is 0 Å². The molecule has 0 aromatic heterocycles. The molecule has 0 radical (unpaired) electrons. The van der Waals surface area contributed by atoms with Crippen LogP contribution in [0, 0.1) is 10.8 Å². The first-order chi connectivity index (χ1) is 15.6. The number of unbranched alkanes of at least 4 members (excludes halogenated alkanes) is 6. The summed E-state index contributed by atoms with van der Waals surface area (Å²) in [5.41, 5.74) is 0.858. The van der Waals surface area contributed by atoms with E-state index in [9.17, 15) is 9.59 Å². The fraction of sp³-hybridized carbons (Fsp3) is 0.704. The first kappa shape index (κ1) is 27.0. The fourth-order valence-electron chi connectivity index (χ4n) is 5.55. The molecule has 1 saturated carbocycles. The second-order valence-electron chi connectivity index (χ2n) is 10.9. The Morgan fingerprint density at radius 1 is 1.03 bits per heavy atom. The van der Waals surface area contributed by atoms with Gasteiger partial charge in [0.05, 0.1) is 0 Å². The molecule has 1 aliphatic carbocycles. The summed E-state index contributed by atoms with van der Waals surface area (Å²) < 4.78 is 5.68. The molecule has 6 nitrogen and oxygen atoms in total. The SMILES string of the molecule is CCCCCCCCCc1ccccc1OC(=O)NCC1(C)CC(NC(=O)O)CC(C)(C)C1. The van der Waals surface area contributed by atoms with E-state index in [4.69, 9.17) is 9.84 Å². The van der Waals surface area contributed by atoms with Gasteiger partial charge in [0.2, 0.25) is 0 Å². The van der Waals surface area contributed by atoms with Gasteiger partial charge in [-0.1, -0.05) is 84.4 Å². The van der Waals surface area contributed by atoms with Gasteiger partial charge in [-0.05, 0) is 54.6 Å². The van der Waals surface area contributed by atoms with Gasteiger partial charge in [0.1, 0.15) is 5.75 Å². The number of carboxylic acid groups (broad SMARTS) is 1. The van der Waals surface area contributed by atoms with Crippen molar-refractivity contribution in [2.24, 2.45) is 10.8 Å². The van der Waals surface area contributed by atoms with Crippen molar-refractivity contribution in [3.8, 4) is 5.75 Å². The number of aryl methyl sites for hydroxylation is 1. The Labute approximate surface area is 199 Å². The lowest BCUT2D eigenvalue weighted by molar-refractivity contribution is 0.0695. The van der Waals surface area contributed by atoms with Crippen molar-refractivity contribution in [1.82, 2.24) is 10.6 Å². The molecule has 1 aliphatic rings. The maximum absolute atomic E-state index is 12.6. The molecule has 186 valence electrons. The minimum atomic E-state index is -0.995. The molecule has 3 N–H and O–H groups in total. The quantitative estimate of drug-likeness (QED) is 0.295. The summed E-state index contributed by atoms with van der Waals surface area (Å²) in [4.78, 5) is 23.7.